The molecular weight excluding hydrogens is 587 g/mol. The molecule has 11 heteroatoms. The van der Waals surface area contributed by atoms with Crippen LogP contribution >= 0.6 is 22.7 Å². The highest BCUT2D eigenvalue weighted by Gasteiger charge is 2.13. The van der Waals surface area contributed by atoms with E-state index < -0.39 is 0 Å². The summed E-state index contributed by atoms with van der Waals surface area (Å²) < 4.78 is 35.3. The Balaban J connectivity index is 1.07. The van der Waals surface area contributed by atoms with Gasteiger partial charge in [-0.05, 0) is 53.2 Å². The zero-order valence-electron chi connectivity index (χ0n) is 24.4. The van der Waals surface area contributed by atoms with Gasteiger partial charge in [-0.2, -0.15) is 0 Å². The van der Waals surface area contributed by atoms with Crippen LogP contribution in [0.4, 0.5) is 5.00 Å². The van der Waals surface area contributed by atoms with Crippen molar-refractivity contribution in [1.82, 2.24) is 4.98 Å². The van der Waals surface area contributed by atoms with E-state index in [2.05, 4.69) is 46.0 Å². The van der Waals surface area contributed by atoms with E-state index in [9.17, 15) is 0 Å². The Bertz CT molecular complexity index is 1600. The smallest absolute Gasteiger partial charge is 0.249 e. The van der Waals surface area contributed by atoms with E-state index in [4.69, 9.17) is 34.7 Å². The zero-order valence-corrected chi connectivity index (χ0v) is 26.0. The SMILES string of the molecule is [C-]#[N+]/C(=C\c1cc2cc3cc(N(C)CCOCCOCCOCCOCCOC)sc3cc2s1)c1nc2ccccc2o1. The number of hydrogen-bond acceptors (Lipinski definition) is 10. The molecule has 0 saturated carbocycles. The van der Waals surface area contributed by atoms with Crippen LogP contribution in [0, 0.1) is 6.57 Å². The normalized spacial score (nSPS) is 12.1. The number of rotatable bonds is 18. The van der Waals surface area contributed by atoms with Crippen LogP contribution < -0.4 is 4.90 Å². The highest BCUT2D eigenvalue weighted by molar-refractivity contribution is 7.24. The highest BCUT2D eigenvalue weighted by Crippen LogP contribution is 2.38. The van der Waals surface area contributed by atoms with E-state index >= 15 is 0 Å². The molecule has 0 aliphatic carbocycles. The predicted molar refractivity (Wildman–Crippen MR) is 174 cm³/mol. The van der Waals surface area contributed by atoms with Crippen molar-refractivity contribution in [1.29, 1.82) is 0 Å². The standard InChI is InChI=1S/C32H35N3O6S2/c1-33-27(32-34-26-6-4-5-7-28(26)41-32)21-25-19-23-18-24-20-31(43-30(24)22-29(23)42-25)35(2)8-9-37-12-13-39-16-17-40-15-14-38-11-10-36-3/h4-7,18-22H,8-17H2,2-3H3/b27-21-. The van der Waals surface area contributed by atoms with Gasteiger partial charge in [0.2, 0.25) is 11.6 Å². The molecule has 0 bridgehead atoms. The van der Waals surface area contributed by atoms with Gasteiger partial charge in [0.1, 0.15) is 5.52 Å². The minimum atomic E-state index is 0.347. The lowest BCUT2D eigenvalue weighted by Crippen LogP contribution is -2.22. The molecule has 5 aromatic rings. The molecule has 0 unspecified atom stereocenters. The van der Waals surface area contributed by atoms with Crippen LogP contribution in [-0.2, 0) is 23.7 Å². The third kappa shape index (κ3) is 8.61. The molecule has 0 aliphatic heterocycles. The summed E-state index contributed by atoms with van der Waals surface area (Å²) in [4.78, 5) is 11.4. The lowest BCUT2D eigenvalue weighted by atomic mass is 10.2. The Morgan fingerprint density at radius 3 is 2.21 bits per heavy atom. The number of methoxy groups -OCH3 is 1. The van der Waals surface area contributed by atoms with Gasteiger partial charge in [0.25, 0.3) is 0 Å². The number of para-hydroxylation sites is 2. The molecule has 2 aromatic carbocycles. The maximum Gasteiger partial charge on any atom is 0.249 e. The average molecular weight is 622 g/mol. The molecule has 3 heterocycles. The largest absolute Gasteiger partial charge is 0.447 e. The number of likely N-dealkylation sites (N-methyl/N-ethyl adjacent to an activating group) is 1. The minimum Gasteiger partial charge on any atom is -0.447 e. The van der Waals surface area contributed by atoms with Crippen molar-refractivity contribution < 1.29 is 28.1 Å². The molecule has 3 aromatic heterocycles. The van der Waals surface area contributed by atoms with Gasteiger partial charge < -0.3 is 33.0 Å². The van der Waals surface area contributed by atoms with Gasteiger partial charge in [0.15, 0.2) is 5.58 Å². The summed E-state index contributed by atoms with van der Waals surface area (Å²) >= 11 is 3.43. The second-order valence-corrected chi connectivity index (χ2v) is 11.8. The fourth-order valence-electron chi connectivity index (χ4n) is 4.32. The Labute approximate surface area is 259 Å². The van der Waals surface area contributed by atoms with E-state index in [1.165, 1.54) is 19.8 Å². The summed E-state index contributed by atoms with van der Waals surface area (Å²) in [6.45, 7) is 13.6. The molecule has 0 amide bonds. The van der Waals surface area contributed by atoms with Gasteiger partial charge in [0.05, 0.1) is 71.0 Å². The number of ether oxygens (including phenoxy) is 5. The summed E-state index contributed by atoms with van der Waals surface area (Å²) in [5, 5.41) is 3.55. The zero-order chi connectivity index (χ0) is 29.9. The Kier molecular flexibility index (Phi) is 11.5. The number of oxazole rings is 1. The number of thiophene rings is 2. The summed E-state index contributed by atoms with van der Waals surface area (Å²) in [6, 6.07) is 16.3. The summed E-state index contributed by atoms with van der Waals surface area (Å²) in [6.07, 6.45) is 1.86. The first kappa shape index (κ1) is 31.1. The maximum absolute atomic E-state index is 7.68. The number of aromatic nitrogens is 1. The molecule has 5 rings (SSSR count). The van der Waals surface area contributed by atoms with E-state index in [-0.39, 0.29) is 0 Å². The van der Waals surface area contributed by atoms with Gasteiger partial charge in [-0.3, -0.25) is 0 Å². The lowest BCUT2D eigenvalue weighted by molar-refractivity contribution is -0.00719. The molecule has 0 fully saturated rings. The molecule has 0 spiro atoms. The number of benzene rings is 2. The number of hydrogen-bond donors (Lipinski definition) is 0. The molecule has 0 saturated heterocycles. The topological polar surface area (TPSA) is 79.8 Å². The van der Waals surface area contributed by atoms with E-state index in [0.29, 0.717) is 76.6 Å². The van der Waals surface area contributed by atoms with Crippen molar-refractivity contribution in [3.8, 4) is 0 Å². The van der Waals surface area contributed by atoms with Crippen molar-refractivity contribution in [2.75, 3.05) is 85.1 Å². The van der Waals surface area contributed by atoms with E-state index in [0.717, 1.165) is 22.3 Å². The maximum atomic E-state index is 7.68. The molecule has 0 aliphatic rings. The van der Waals surface area contributed by atoms with Crippen LogP contribution in [0.2, 0.25) is 0 Å². The van der Waals surface area contributed by atoms with Crippen LogP contribution in [-0.4, -0.2) is 85.1 Å². The van der Waals surface area contributed by atoms with Gasteiger partial charge >= 0.3 is 0 Å². The summed E-state index contributed by atoms with van der Waals surface area (Å²) in [5.74, 6) is 0.347. The molecule has 9 nitrogen and oxygen atoms in total. The van der Waals surface area contributed by atoms with Crippen molar-refractivity contribution in [2.24, 2.45) is 0 Å². The van der Waals surface area contributed by atoms with Crippen LogP contribution in [0.25, 0.3) is 47.9 Å². The Morgan fingerprint density at radius 2 is 1.51 bits per heavy atom. The monoisotopic (exact) mass is 621 g/mol. The fourth-order valence-corrected chi connectivity index (χ4v) is 6.48. The molecular formula is C32H35N3O6S2. The Hall–Kier alpha value is -3.34. The van der Waals surface area contributed by atoms with Gasteiger partial charge in [-0.25, -0.2) is 9.83 Å². The molecule has 0 radical (unpaired) electrons. The van der Waals surface area contributed by atoms with E-state index in [1.807, 2.05) is 30.3 Å². The fraction of sp³-hybridized carbons (Fsp3) is 0.375. The first-order valence-corrected chi connectivity index (χ1v) is 15.7. The first-order chi connectivity index (χ1) is 21.1. The number of anilines is 1. The van der Waals surface area contributed by atoms with Gasteiger partial charge in [0, 0.05) is 35.0 Å². The molecule has 226 valence electrons. The van der Waals surface area contributed by atoms with Crippen molar-refractivity contribution in [3.63, 3.8) is 0 Å². The second-order valence-electron chi connectivity index (χ2n) is 9.65. The number of nitrogens with zero attached hydrogens (tertiary/aromatic N) is 3. The molecule has 43 heavy (non-hydrogen) atoms. The molecule has 0 atom stereocenters. The molecule has 0 N–H and O–H groups in total. The van der Waals surface area contributed by atoms with Gasteiger partial charge in [-0.1, -0.05) is 12.1 Å². The Morgan fingerprint density at radius 1 is 0.860 bits per heavy atom. The minimum absolute atomic E-state index is 0.347. The summed E-state index contributed by atoms with van der Waals surface area (Å²) in [7, 11) is 3.74. The van der Waals surface area contributed by atoms with Gasteiger partial charge in [-0.15, -0.1) is 22.7 Å². The highest BCUT2D eigenvalue weighted by atomic mass is 32.1. The van der Waals surface area contributed by atoms with E-state index in [1.54, 1.807) is 29.8 Å². The van der Waals surface area contributed by atoms with Crippen LogP contribution in [0.1, 0.15) is 10.8 Å². The lowest BCUT2D eigenvalue weighted by Gasteiger charge is -2.16. The third-order valence-corrected chi connectivity index (χ3v) is 8.83. The third-order valence-electron chi connectivity index (χ3n) is 6.57. The van der Waals surface area contributed by atoms with Crippen molar-refractivity contribution in [3.05, 3.63) is 70.7 Å². The van der Waals surface area contributed by atoms with Crippen LogP contribution in [0.3, 0.4) is 0 Å². The van der Waals surface area contributed by atoms with Crippen molar-refractivity contribution in [2.45, 2.75) is 0 Å². The van der Waals surface area contributed by atoms with Crippen LogP contribution in [0.5, 0.6) is 0 Å². The summed E-state index contributed by atoms with van der Waals surface area (Å²) in [5.41, 5.74) is 1.82. The number of fused-ring (bicyclic) bond motifs is 3. The predicted octanol–water partition coefficient (Wildman–Crippen LogP) is 6.82. The second kappa shape index (κ2) is 15.9. The van der Waals surface area contributed by atoms with Crippen LogP contribution in [0.15, 0.2) is 52.9 Å². The average Bonchev–Trinajstić information content (AvgIpc) is 3.74. The van der Waals surface area contributed by atoms with Crippen molar-refractivity contribution >= 4 is 70.7 Å². The first-order valence-electron chi connectivity index (χ1n) is 14.1. The quantitative estimate of drug-likeness (QED) is 0.0779.